The van der Waals surface area contributed by atoms with Gasteiger partial charge in [-0.1, -0.05) is 0 Å². The molecule has 0 fully saturated rings. The Labute approximate surface area is 130 Å². The van der Waals surface area contributed by atoms with Crippen LogP contribution in [0.25, 0.3) is 0 Å². The van der Waals surface area contributed by atoms with Crippen molar-refractivity contribution in [1.29, 1.82) is 0 Å². The molecule has 0 atom stereocenters. The van der Waals surface area contributed by atoms with Crippen LogP contribution in [0.4, 0.5) is 11.4 Å². The summed E-state index contributed by atoms with van der Waals surface area (Å²) in [4.78, 5) is 23.6. The minimum atomic E-state index is -0.496. The molecule has 0 saturated heterocycles. The second kappa shape index (κ2) is 6.90. The predicted octanol–water partition coefficient (Wildman–Crippen LogP) is 1.98. The van der Waals surface area contributed by atoms with E-state index in [2.05, 4.69) is 0 Å². The maximum absolute atomic E-state index is 12.1. The number of aromatic nitrogens is 1. The van der Waals surface area contributed by atoms with E-state index in [4.69, 9.17) is 0 Å². The summed E-state index contributed by atoms with van der Waals surface area (Å²) in [5.74, 6) is -0.109. The van der Waals surface area contributed by atoms with Crippen LogP contribution in [0.1, 0.15) is 0 Å². The molecule has 0 N–H and O–H groups in total. The van der Waals surface area contributed by atoms with Gasteiger partial charge in [-0.25, -0.2) is 0 Å². The van der Waals surface area contributed by atoms with Crippen molar-refractivity contribution < 1.29 is 14.4 Å². The molecule has 8 heteroatoms. The fourth-order valence-corrected chi connectivity index (χ4v) is 2.53. The van der Waals surface area contributed by atoms with E-state index in [0.717, 1.165) is 11.8 Å². The lowest BCUT2D eigenvalue weighted by Gasteiger charge is -2.16. The number of nitro groups is 1. The van der Waals surface area contributed by atoms with Gasteiger partial charge in [0.05, 0.1) is 10.7 Å². The Morgan fingerprint density at radius 3 is 2.55 bits per heavy atom. The summed E-state index contributed by atoms with van der Waals surface area (Å²) >= 11 is 1.14. The lowest BCUT2D eigenvalue weighted by molar-refractivity contribution is -0.645. The summed E-state index contributed by atoms with van der Waals surface area (Å²) in [5.41, 5.74) is 0.523. The van der Waals surface area contributed by atoms with E-state index >= 15 is 0 Å². The fourth-order valence-electron chi connectivity index (χ4n) is 1.70. The van der Waals surface area contributed by atoms with Crippen LogP contribution in [0.15, 0.2) is 53.7 Å². The number of carbonyl (C=O) groups is 1. The SMILES string of the molecule is CN(C(=O)CSc1cccc[n+]1[O-])c1ccc([N+](=O)[O-])cc1. The standard InChI is InChI=1S/C14H13N3O4S/c1-15(11-5-7-12(8-6-11)17(20)21)13(18)10-22-14-4-2-3-9-16(14)19/h2-9H,10H2,1H3. The molecule has 0 aliphatic carbocycles. The van der Waals surface area contributed by atoms with Crippen molar-refractivity contribution in [2.45, 2.75) is 5.03 Å². The Kier molecular flexibility index (Phi) is 4.95. The van der Waals surface area contributed by atoms with E-state index in [1.807, 2.05) is 0 Å². The van der Waals surface area contributed by atoms with Crippen LogP contribution in [-0.4, -0.2) is 23.6 Å². The van der Waals surface area contributed by atoms with Gasteiger partial charge in [-0.05, 0) is 30.0 Å². The van der Waals surface area contributed by atoms with Crippen LogP contribution in [0, 0.1) is 15.3 Å². The van der Waals surface area contributed by atoms with Gasteiger partial charge < -0.3 is 10.1 Å². The zero-order valence-electron chi connectivity index (χ0n) is 11.7. The van der Waals surface area contributed by atoms with E-state index in [0.29, 0.717) is 15.4 Å². The van der Waals surface area contributed by atoms with Gasteiger partial charge in [0.25, 0.3) is 10.7 Å². The molecule has 1 heterocycles. The number of rotatable bonds is 5. The zero-order valence-corrected chi connectivity index (χ0v) is 12.5. The number of anilines is 1. The monoisotopic (exact) mass is 319 g/mol. The maximum Gasteiger partial charge on any atom is 0.269 e. The van der Waals surface area contributed by atoms with E-state index in [-0.39, 0.29) is 17.3 Å². The second-order valence-electron chi connectivity index (χ2n) is 4.38. The topological polar surface area (TPSA) is 90.4 Å². The molecule has 0 bridgehead atoms. The third kappa shape index (κ3) is 3.73. The largest absolute Gasteiger partial charge is 0.618 e. The molecule has 0 spiro atoms. The summed E-state index contributed by atoms with van der Waals surface area (Å²) < 4.78 is 0.698. The van der Waals surface area contributed by atoms with Gasteiger partial charge in [-0.3, -0.25) is 14.9 Å². The first-order valence-corrected chi connectivity index (χ1v) is 7.29. The number of nitro benzene ring substituents is 1. The van der Waals surface area contributed by atoms with Crippen LogP contribution in [0.2, 0.25) is 0 Å². The molecule has 1 aromatic heterocycles. The molecule has 7 nitrogen and oxygen atoms in total. The van der Waals surface area contributed by atoms with Gasteiger partial charge in [0.15, 0.2) is 6.20 Å². The van der Waals surface area contributed by atoms with Crippen molar-refractivity contribution in [3.63, 3.8) is 0 Å². The van der Waals surface area contributed by atoms with E-state index in [1.165, 1.54) is 35.4 Å². The average Bonchev–Trinajstić information content (AvgIpc) is 2.53. The molecule has 0 aliphatic heterocycles. The molecule has 1 aromatic carbocycles. The van der Waals surface area contributed by atoms with Crippen LogP contribution in [0.5, 0.6) is 0 Å². The minimum Gasteiger partial charge on any atom is -0.618 e. The van der Waals surface area contributed by atoms with Gasteiger partial charge in [-0.2, -0.15) is 4.73 Å². The first-order chi connectivity index (χ1) is 10.5. The summed E-state index contributed by atoms with van der Waals surface area (Å²) in [7, 11) is 1.58. The van der Waals surface area contributed by atoms with Crippen LogP contribution in [0.3, 0.4) is 0 Å². The Bertz CT molecular complexity index is 691. The lowest BCUT2D eigenvalue weighted by Crippen LogP contribution is -2.31. The Hall–Kier alpha value is -2.61. The van der Waals surface area contributed by atoms with Crippen molar-refractivity contribution in [1.82, 2.24) is 0 Å². The number of hydrogen-bond acceptors (Lipinski definition) is 5. The normalized spacial score (nSPS) is 10.2. The minimum absolute atomic E-state index is 0.0318. The Morgan fingerprint density at radius 1 is 1.27 bits per heavy atom. The van der Waals surface area contributed by atoms with Gasteiger partial charge in [0.2, 0.25) is 5.91 Å². The fraction of sp³-hybridized carbons (Fsp3) is 0.143. The van der Waals surface area contributed by atoms with Gasteiger partial charge >= 0.3 is 0 Å². The van der Waals surface area contributed by atoms with Crippen LogP contribution < -0.4 is 9.63 Å². The van der Waals surface area contributed by atoms with Crippen LogP contribution >= 0.6 is 11.8 Å². The number of nitrogens with zero attached hydrogens (tertiary/aromatic N) is 3. The highest BCUT2D eigenvalue weighted by Gasteiger charge is 2.15. The van der Waals surface area contributed by atoms with Gasteiger partial charge in [-0.15, -0.1) is 0 Å². The quantitative estimate of drug-likeness (QED) is 0.276. The number of carbonyl (C=O) groups excluding carboxylic acids is 1. The Balaban J connectivity index is 2.00. The van der Waals surface area contributed by atoms with E-state index in [9.17, 15) is 20.1 Å². The summed E-state index contributed by atoms with van der Waals surface area (Å²) in [5, 5.41) is 22.5. The second-order valence-corrected chi connectivity index (χ2v) is 5.38. The number of amides is 1. The number of hydrogen-bond donors (Lipinski definition) is 0. The molecular weight excluding hydrogens is 306 g/mol. The summed E-state index contributed by atoms with van der Waals surface area (Å²) in [6.45, 7) is 0. The molecule has 2 rings (SSSR count). The predicted molar refractivity (Wildman–Crippen MR) is 82.6 cm³/mol. The number of thioether (sulfide) groups is 1. The third-order valence-electron chi connectivity index (χ3n) is 2.95. The molecular formula is C14H13N3O4S. The lowest BCUT2D eigenvalue weighted by atomic mass is 10.2. The van der Waals surface area contributed by atoms with Gasteiger partial charge in [0, 0.05) is 37.0 Å². The van der Waals surface area contributed by atoms with Crippen LogP contribution in [-0.2, 0) is 4.79 Å². The Morgan fingerprint density at radius 2 is 1.95 bits per heavy atom. The van der Waals surface area contributed by atoms with Gasteiger partial charge in [0.1, 0.15) is 0 Å². The third-order valence-corrected chi connectivity index (χ3v) is 3.96. The average molecular weight is 319 g/mol. The van der Waals surface area contributed by atoms with Crippen molar-refractivity contribution in [2.75, 3.05) is 17.7 Å². The zero-order chi connectivity index (χ0) is 16.1. The smallest absolute Gasteiger partial charge is 0.269 e. The first-order valence-electron chi connectivity index (χ1n) is 6.31. The van der Waals surface area contributed by atoms with E-state index < -0.39 is 4.92 Å². The van der Waals surface area contributed by atoms with Crippen molar-refractivity contribution in [3.05, 3.63) is 64.0 Å². The number of non-ortho nitro benzene ring substituents is 1. The van der Waals surface area contributed by atoms with Crippen molar-refractivity contribution >= 4 is 29.0 Å². The molecule has 0 saturated carbocycles. The summed E-state index contributed by atoms with van der Waals surface area (Å²) in [6.07, 6.45) is 1.37. The molecule has 1 amide bonds. The molecule has 0 unspecified atom stereocenters. The molecule has 2 aromatic rings. The number of pyridine rings is 1. The molecule has 22 heavy (non-hydrogen) atoms. The molecule has 0 radical (unpaired) electrons. The highest BCUT2D eigenvalue weighted by atomic mass is 32.2. The van der Waals surface area contributed by atoms with E-state index in [1.54, 1.807) is 25.2 Å². The van der Waals surface area contributed by atoms with Crippen molar-refractivity contribution in [3.8, 4) is 0 Å². The summed E-state index contributed by atoms with van der Waals surface area (Å²) in [6, 6.07) is 10.7. The highest BCUT2D eigenvalue weighted by molar-refractivity contribution is 7.99. The first kappa shape index (κ1) is 15.8. The molecule has 114 valence electrons. The highest BCUT2D eigenvalue weighted by Crippen LogP contribution is 2.20. The number of benzene rings is 1. The maximum atomic E-state index is 12.1. The van der Waals surface area contributed by atoms with Crippen molar-refractivity contribution in [2.24, 2.45) is 0 Å². The molecule has 0 aliphatic rings.